The van der Waals surface area contributed by atoms with E-state index in [0.29, 0.717) is 19.5 Å². The third kappa shape index (κ3) is 3.44. The van der Waals surface area contributed by atoms with Gasteiger partial charge in [-0.25, -0.2) is 0 Å². The van der Waals surface area contributed by atoms with Gasteiger partial charge in [-0.1, -0.05) is 0 Å². The number of carboxylic acid groups (broad SMARTS) is 1. The molecular formula is C11H18N2O4. The van der Waals surface area contributed by atoms with Gasteiger partial charge in [-0.3, -0.25) is 14.4 Å². The minimum absolute atomic E-state index is 0.0546. The molecule has 1 aliphatic rings. The first-order valence-electron chi connectivity index (χ1n) is 5.70. The summed E-state index contributed by atoms with van der Waals surface area (Å²) in [5, 5.41) is 8.69. The molecule has 0 aliphatic carbocycles. The molecule has 1 atom stereocenters. The maximum Gasteiger partial charge on any atom is 0.323 e. The first-order valence-corrected chi connectivity index (χ1v) is 5.70. The Morgan fingerprint density at radius 3 is 2.65 bits per heavy atom. The molecule has 1 aliphatic heterocycles. The van der Waals surface area contributed by atoms with Gasteiger partial charge in [0.1, 0.15) is 6.54 Å². The van der Waals surface area contributed by atoms with E-state index in [1.54, 1.807) is 18.9 Å². The standard InChI is InChI=1S/C11H18N2O4/c1-3-13(7-10(15)16)11(17)8-4-5-12(2)9(14)6-8/h8H,3-7H2,1-2H3,(H,15,16)/t8-/m0/s1. The van der Waals surface area contributed by atoms with Crippen LogP contribution in [0.4, 0.5) is 0 Å². The molecule has 17 heavy (non-hydrogen) atoms. The van der Waals surface area contributed by atoms with Crippen molar-refractivity contribution in [2.24, 2.45) is 5.92 Å². The van der Waals surface area contributed by atoms with Gasteiger partial charge in [0.05, 0.1) is 0 Å². The molecule has 1 fully saturated rings. The van der Waals surface area contributed by atoms with Gasteiger partial charge in [-0.2, -0.15) is 0 Å². The predicted octanol–water partition coefficient (Wildman–Crippen LogP) is -0.212. The number of amides is 2. The van der Waals surface area contributed by atoms with Crippen molar-refractivity contribution in [3.63, 3.8) is 0 Å². The van der Waals surface area contributed by atoms with E-state index in [2.05, 4.69) is 0 Å². The van der Waals surface area contributed by atoms with Crippen molar-refractivity contribution in [1.82, 2.24) is 9.80 Å². The van der Waals surface area contributed by atoms with Gasteiger partial charge >= 0.3 is 5.97 Å². The molecule has 0 bridgehead atoms. The van der Waals surface area contributed by atoms with Crippen LogP contribution in [0.25, 0.3) is 0 Å². The Hall–Kier alpha value is -1.59. The van der Waals surface area contributed by atoms with Gasteiger partial charge in [0.2, 0.25) is 11.8 Å². The average molecular weight is 242 g/mol. The van der Waals surface area contributed by atoms with Gasteiger partial charge in [-0.05, 0) is 13.3 Å². The number of hydrogen-bond donors (Lipinski definition) is 1. The van der Waals surface area contributed by atoms with E-state index in [9.17, 15) is 14.4 Å². The van der Waals surface area contributed by atoms with E-state index in [0.717, 1.165) is 0 Å². The molecule has 0 aromatic carbocycles. The van der Waals surface area contributed by atoms with Gasteiger partial charge in [0, 0.05) is 32.5 Å². The first kappa shape index (κ1) is 13.5. The summed E-state index contributed by atoms with van der Waals surface area (Å²) in [5.41, 5.74) is 0. The van der Waals surface area contributed by atoms with Crippen molar-refractivity contribution >= 4 is 17.8 Å². The molecule has 0 saturated carbocycles. The van der Waals surface area contributed by atoms with Crippen molar-refractivity contribution in [2.45, 2.75) is 19.8 Å². The Morgan fingerprint density at radius 1 is 1.53 bits per heavy atom. The van der Waals surface area contributed by atoms with Crippen LogP contribution in [0, 0.1) is 5.92 Å². The zero-order valence-electron chi connectivity index (χ0n) is 10.2. The summed E-state index contributed by atoms with van der Waals surface area (Å²) >= 11 is 0. The van der Waals surface area contributed by atoms with Crippen molar-refractivity contribution in [3.05, 3.63) is 0 Å². The van der Waals surface area contributed by atoms with Crippen molar-refractivity contribution < 1.29 is 19.5 Å². The van der Waals surface area contributed by atoms with Gasteiger partial charge < -0.3 is 14.9 Å². The van der Waals surface area contributed by atoms with E-state index in [1.165, 1.54) is 4.90 Å². The fraction of sp³-hybridized carbons (Fsp3) is 0.727. The molecule has 0 radical (unpaired) electrons. The van der Waals surface area contributed by atoms with E-state index in [4.69, 9.17) is 5.11 Å². The Balaban J connectivity index is 2.62. The summed E-state index contributed by atoms with van der Waals surface area (Å²) in [5.74, 6) is -1.67. The lowest BCUT2D eigenvalue weighted by Crippen LogP contribution is -2.45. The van der Waals surface area contributed by atoms with Gasteiger partial charge in [0.15, 0.2) is 0 Å². The van der Waals surface area contributed by atoms with Crippen LogP contribution in [0.2, 0.25) is 0 Å². The molecular weight excluding hydrogens is 224 g/mol. The molecule has 96 valence electrons. The fourth-order valence-corrected chi connectivity index (χ4v) is 1.92. The summed E-state index contributed by atoms with van der Waals surface area (Å²) in [7, 11) is 1.71. The van der Waals surface area contributed by atoms with Crippen LogP contribution in [0.15, 0.2) is 0 Å². The van der Waals surface area contributed by atoms with Crippen molar-refractivity contribution in [3.8, 4) is 0 Å². The third-order valence-corrected chi connectivity index (χ3v) is 3.03. The van der Waals surface area contributed by atoms with E-state index >= 15 is 0 Å². The zero-order valence-corrected chi connectivity index (χ0v) is 10.2. The number of piperidine rings is 1. The third-order valence-electron chi connectivity index (χ3n) is 3.03. The van der Waals surface area contributed by atoms with Crippen molar-refractivity contribution in [2.75, 3.05) is 26.7 Å². The van der Waals surface area contributed by atoms with Crippen LogP contribution in [0.5, 0.6) is 0 Å². The smallest absolute Gasteiger partial charge is 0.323 e. The fourth-order valence-electron chi connectivity index (χ4n) is 1.92. The van der Waals surface area contributed by atoms with Crippen molar-refractivity contribution in [1.29, 1.82) is 0 Å². The first-order chi connectivity index (χ1) is 7.95. The highest BCUT2D eigenvalue weighted by atomic mass is 16.4. The van der Waals surface area contributed by atoms with E-state index in [1.807, 2.05) is 0 Å². The number of aliphatic carboxylic acids is 1. The number of hydrogen-bond acceptors (Lipinski definition) is 3. The predicted molar refractivity (Wildman–Crippen MR) is 60.3 cm³/mol. The molecule has 0 aromatic rings. The molecule has 2 amide bonds. The monoisotopic (exact) mass is 242 g/mol. The largest absolute Gasteiger partial charge is 0.480 e. The number of carboxylic acids is 1. The molecule has 1 saturated heterocycles. The SMILES string of the molecule is CCN(CC(=O)O)C(=O)[C@H]1CCN(C)C(=O)C1. The summed E-state index contributed by atoms with van der Waals surface area (Å²) in [6.45, 7) is 2.35. The summed E-state index contributed by atoms with van der Waals surface area (Å²) in [6, 6.07) is 0. The van der Waals surface area contributed by atoms with Gasteiger partial charge in [0.25, 0.3) is 0 Å². The van der Waals surface area contributed by atoms with Crippen LogP contribution in [0.3, 0.4) is 0 Å². The second-order valence-corrected chi connectivity index (χ2v) is 4.25. The normalized spacial score (nSPS) is 20.2. The molecule has 0 spiro atoms. The Morgan fingerprint density at radius 2 is 2.18 bits per heavy atom. The number of carbonyl (C=O) groups excluding carboxylic acids is 2. The second-order valence-electron chi connectivity index (χ2n) is 4.25. The highest BCUT2D eigenvalue weighted by Gasteiger charge is 2.31. The number of rotatable bonds is 4. The number of carbonyl (C=O) groups is 3. The molecule has 1 N–H and O–H groups in total. The lowest BCUT2D eigenvalue weighted by molar-refractivity contribution is -0.149. The molecule has 6 heteroatoms. The lowest BCUT2D eigenvalue weighted by atomic mass is 9.95. The highest BCUT2D eigenvalue weighted by molar-refractivity contribution is 5.88. The average Bonchev–Trinajstić information content (AvgIpc) is 2.28. The van der Waals surface area contributed by atoms with Crippen LogP contribution in [-0.2, 0) is 14.4 Å². The highest BCUT2D eigenvalue weighted by Crippen LogP contribution is 2.19. The second kappa shape index (κ2) is 5.65. The van der Waals surface area contributed by atoms with Gasteiger partial charge in [-0.15, -0.1) is 0 Å². The summed E-state index contributed by atoms with van der Waals surface area (Å²) < 4.78 is 0. The Labute approximate surface area is 100 Å². The maximum atomic E-state index is 12.0. The van der Waals surface area contributed by atoms with E-state index < -0.39 is 5.97 Å². The topological polar surface area (TPSA) is 77.9 Å². The minimum atomic E-state index is -1.03. The summed E-state index contributed by atoms with van der Waals surface area (Å²) in [6.07, 6.45) is 0.794. The molecule has 1 heterocycles. The zero-order chi connectivity index (χ0) is 13.0. The Bertz CT molecular complexity index is 329. The molecule has 0 unspecified atom stereocenters. The Kier molecular flexibility index (Phi) is 4.48. The van der Waals surface area contributed by atoms with Crippen LogP contribution in [0.1, 0.15) is 19.8 Å². The summed E-state index contributed by atoms with van der Waals surface area (Å²) in [4.78, 5) is 37.0. The van der Waals surface area contributed by atoms with Crippen LogP contribution in [-0.4, -0.2) is 59.4 Å². The van der Waals surface area contributed by atoms with E-state index in [-0.39, 0.29) is 30.7 Å². The minimum Gasteiger partial charge on any atom is -0.480 e. The number of likely N-dealkylation sites (tertiary alicyclic amines) is 1. The molecule has 6 nitrogen and oxygen atoms in total. The molecule has 1 rings (SSSR count). The number of nitrogens with zero attached hydrogens (tertiary/aromatic N) is 2. The lowest BCUT2D eigenvalue weighted by Gasteiger charge is -2.31. The quantitative estimate of drug-likeness (QED) is 0.739. The van der Waals surface area contributed by atoms with Crippen LogP contribution >= 0.6 is 0 Å². The maximum absolute atomic E-state index is 12.0. The number of likely N-dealkylation sites (N-methyl/N-ethyl adjacent to an activating group) is 1. The van der Waals surface area contributed by atoms with Crippen LogP contribution < -0.4 is 0 Å². The molecule has 0 aromatic heterocycles.